The molecule has 18 heavy (non-hydrogen) atoms. The molecule has 2 rings (SSSR count). The molecule has 0 aliphatic carbocycles. The summed E-state index contributed by atoms with van der Waals surface area (Å²) in [5.41, 5.74) is -0.175. The molecule has 0 N–H and O–H groups in total. The summed E-state index contributed by atoms with van der Waals surface area (Å²) in [6.07, 6.45) is -3.50. The fraction of sp³-hybridized carbons (Fsp3) is 0.333. The summed E-state index contributed by atoms with van der Waals surface area (Å²) in [5, 5.41) is 3.69. The van der Waals surface area contributed by atoms with Crippen LogP contribution in [0.15, 0.2) is 28.8 Å². The first-order chi connectivity index (χ1) is 8.49. The molecule has 0 aliphatic rings. The van der Waals surface area contributed by atoms with Crippen LogP contribution < -0.4 is 0 Å². The van der Waals surface area contributed by atoms with Gasteiger partial charge in [-0.05, 0) is 11.6 Å². The zero-order valence-electron chi connectivity index (χ0n) is 9.66. The molecule has 6 heteroatoms. The first-order valence-electron chi connectivity index (χ1n) is 5.46. The molecule has 1 heterocycles. The molecule has 96 valence electrons. The van der Waals surface area contributed by atoms with Crippen molar-refractivity contribution in [3.05, 3.63) is 47.1 Å². The van der Waals surface area contributed by atoms with E-state index in [9.17, 15) is 13.2 Å². The van der Waals surface area contributed by atoms with Gasteiger partial charge >= 0.3 is 6.18 Å². The molecular weight excluding hydrogens is 245 g/mol. The standard InChI is InChI=1S/C12H11F3N2O/c1-2-10-16-11(18-17-10)7-8-4-3-5-9(6-8)12(13,14)15/h3-6H,2,7H2,1H3. The molecule has 0 atom stereocenters. The van der Waals surface area contributed by atoms with Crippen LogP contribution >= 0.6 is 0 Å². The van der Waals surface area contributed by atoms with Crippen LogP contribution in [0.4, 0.5) is 13.2 Å². The van der Waals surface area contributed by atoms with Crippen LogP contribution in [0.5, 0.6) is 0 Å². The lowest BCUT2D eigenvalue weighted by Gasteiger charge is -2.07. The van der Waals surface area contributed by atoms with Gasteiger partial charge in [-0.3, -0.25) is 0 Å². The zero-order chi connectivity index (χ0) is 13.2. The van der Waals surface area contributed by atoms with Gasteiger partial charge in [0, 0.05) is 6.42 Å². The summed E-state index contributed by atoms with van der Waals surface area (Å²) >= 11 is 0. The third-order valence-corrected chi connectivity index (χ3v) is 2.44. The van der Waals surface area contributed by atoms with E-state index in [1.54, 1.807) is 6.07 Å². The van der Waals surface area contributed by atoms with Crippen LogP contribution in [0.2, 0.25) is 0 Å². The second kappa shape index (κ2) is 4.80. The molecule has 0 saturated heterocycles. The van der Waals surface area contributed by atoms with Crippen molar-refractivity contribution >= 4 is 0 Å². The molecule has 0 bridgehead atoms. The van der Waals surface area contributed by atoms with E-state index in [0.717, 1.165) is 12.1 Å². The Labute approximate surface area is 102 Å². The van der Waals surface area contributed by atoms with Gasteiger partial charge in [-0.25, -0.2) is 0 Å². The van der Waals surface area contributed by atoms with E-state index < -0.39 is 11.7 Å². The molecular formula is C12H11F3N2O. The highest BCUT2D eigenvalue weighted by Crippen LogP contribution is 2.29. The minimum Gasteiger partial charge on any atom is -0.339 e. The maximum Gasteiger partial charge on any atom is 0.416 e. The predicted octanol–water partition coefficient (Wildman–Crippen LogP) is 3.24. The third kappa shape index (κ3) is 2.88. The number of benzene rings is 1. The molecule has 1 aromatic carbocycles. The van der Waals surface area contributed by atoms with Gasteiger partial charge in [0.05, 0.1) is 12.0 Å². The monoisotopic (exact) mass is 256 g/mol. The van der Waals surface area contributed by atoms with Gasteiger partial charge in [0.15, 0.2) is 5.82 Å². The average molecular weight is 256 g/mol. The Morgan fingerprint density at radius 1 is 1.28 bits per heavy atom. The lowest BCUT2D eigenvalue weighted by Crippen LogP contribution is -2.05. The smallest absolute Gasteiger partial charge is 0.339 e. The number of alkyl halides is 3. The van der Waals surface area contributed by atoms with Crippen molar-refractivity contribution in [1.29, 1.82) is 0 Å². The maximum atomic E-state index is 12.5. The van der Waals surface area contributed by atoms with Gasteiger partial charge in [0.25, 0.3) is 0 Å². The largest absolute Gasteiger partial charge is 0.416 e. The summed E-state index contributed by atoms with van der Waals surface area (Å²) in [7, 11) is 0. The van der Waals surface area contributed by atoms with Crippen molar-refractivity contribution in [1.82, 2.24) is 10.1 Å². The van der Waals surface area contributed by atoms with E-state index >= 15 is 0 Å². The number of aryl methyl sites for hydroxylation is 1. The second-order valence-corrected chi connectivity index (χ2v) is 3.83. The Hall–Kier alpha value is -1.85. The molecule has 0 amide bonds. The molecule has 2 aromatic rings. The normalized spacial score (nSPS) is 11.8. The van der Waals surface area contributed by atoms with Crippen LogP contribution in [0.3, 0.4) is 0 Å². The average Bonchev–Trinajstić information content (AvgIpc) is 2.76. The minimum atomic E-state index is -4.33. The number of hydrogen-bond donors (Lipinski definition) is 0. The molecule has 0 aliphatic heterocycles. The minimum absolute atomic E-state index is 0.205. The van der Waals surface area contributed by atoms with Crippen molar-refractivity contribution in [2.24, 2.45) is 0 Å². The Kier molecular flexibility index (Phi) is 3.36. The maximum absolute atomic E-state index is 12.5. The fourth-order valence-corrected chi connectivity index (χ4v) is 1.54. The van der Waals surface area contributed by atoms with Gasteiger partial charge in [0.2, 0.25) is 5.89 Å². The molecule has 0 saturated carbocycles. The topological polar surface area (TPSA) is 38.9 Å². The summed E-state index contributed by atoms with van der Waals surface area (Å²) in [4.78, 5) is 4.06. The summed E-state index contributed by atoms with van der Waals surface area (Å²) in [6, 6.07) is 5.10. The van der Waals surface area contributed by atoms with E-state index in [0.29, 0.717) is 23.7 Å². The third-order valence-electron chi connectivity index (χ3n) is 2.44. The van der Waals surface area contributed by atoms with E-state index in [-0.39, 0.29) is 6.42 Å². The van der Waals surface area contributed by atoms with Crippen molar-refractivity contribution in [2.75, 3.05) is 0 Å². The van der Waals surface area contributed by atoms with E-state index in [4.69, 9.17) is 4.52 Å². The highest BCUT2D eigenvalue weighted by Gasteiger charge is 2.30. The summed E-state index contributed by atoms with van der Waals surface area (Å²) < 4.78 is 42.5. The first-order valence-corrected chi connectivity index (χ1v) is 5.46. The Morgan fingerprint density at radius 2 is 2.06 bits per heavy atom. The Balaban J connectivity index is 2.19. The highest BCUT2D eigenvalue weighted by molar-refractivity contribution is 5.27. The van der Waals surface area contributed by atoms with Gasteiger partial charge in [0.1, 0.15) is 0 Å². The fourth-order valence-electron chi connectivity index (χ4n) is 1.54. The highest BCUT2D eigenvalue weighted by atomic mass is 19.4. The summed E-state index contributed by atoms with van der Waals surface area (Å²) in [5.74, 6) is 0.878. The van der Waals surface area contributed by atoms with Crippen LogP contribution in [0.1, 0.15) is 29.8 Å². The van der Waals surface area contributed by atoms with Gasteiger partial charge in [-0.1, -0.05) is 30.3 Å². The number of aromatic nitrogens is 2. The molecule has 0 radical (unpaired) electrons. The van der Waals surface area contributed by atoms with E-state index in [1.807, 2.05) is 6.92 Å². The van der Waals surface area contributed by atoms with Crippen molar-refractivity contribution in [3.63, 3.8) is 0 Å². The molecule has 0 fully saturated rings. The van der Waals surface area contributed by atoms with Crippen molar-refractivity contribution < 1.29 is 17.7 Å². The summed E-state index contributed by atoms with van der Waals surface area (Å²) in [6.45, 7) is 1.87. The molecule has 1 aromatic heterocycles. The van der Waals surface area contributed by atoms with Crippen LogP contribution in [-0.4, -0.2) is 10.1 Å². The Bertz CT molecular complexity index is 534. The van der Waals surface area contributed by atoms with Crippen molar-refractivity contribution in [3.8, 4) is 0 Å². The van der Waals surface area contributed by atoms with Gasteiger partial charge in [-0.15, -0.1) is 0 Å². The number of halogens is 3. The van der Waals surface area contributed by atoms with Gasteiger partial charge < -0.3 is 4.52 Å². The lowest BCUT2D eigenvalue weighted by molar-refractivity contribution is -0.137. The second-order valence-electron chi connectivity index (χ2n) is 3.83. The lowest BCUT2D eigenvalue weighted by atomic mass is 10.1. The van der Waals surface area contributed by atoms with Crippen LogP contribution in [-0.2, 0) is 19.0 Å². The molecule has 0 unspecified atom stereocenters. The van der Waals surface area contributed by atoms with Crippen LogP contribution in [0.25, 0.3) is 0 Å². The van der Waals surface area contributed by atoms with E-state index in [1.165, 1.54) is 6.07 Å². The number of nitrogens with zero attached hydrogens (tertiary/aromatic N) is 2. The van der Waals surface area contributed by atoms with Gasteiger partial charge in [-0.2, -0.15) is 18.2 Å². The van der Waals surface area contributed by atoms with Crippen molar-refractivity contribution in [2.45, 2.75) is 25.9 Å². The molecule has 3 nitrogen and oxygen atoms in total. The molecule has 0 spiro atoms. The number of hydrogen-bond acceptors (Lipinski definition) is 3. The Morgan fingerprint density at radius 3 is 2.67 bits per heavy atom. The predicted molar refractivity (Wildman–Crippen MR) is 57.9 cm³/mol. The van der Waals surface area contributed by atoms with E-state index in [2.05, 4.69) is 10.1 Å². The zero-order valence-corrected chi connectivity index (χ0v) is 9.66. The number of rotatable bonds is 3. The SMILES string of the molecule is CCc1noc(Cc2cccc(C(F)(F)F)c2)n1. The quantitative estimate of drug-likeness (QED) is 0.846. The first kappa shape index (κ1) is 12.6. The van der Waals surface area contributed by atoms with Crippen LogP contribution in [0, 0.1) is 0 Å².